The molecule has 5 nitrogen and oxygen atoms in total. The second-order valence-electron chi connectivity index (χ2n) is 8.77. The summed E-state index contributed by atoms with van der Waals surface area (Å²) in [5.74, 6) is 0.0558. The molecule has 0 unspecified atom stereocenters. The zero-order valence-electron chi connectivity index (χ0n) is 19.2. The number of benzene rings is 3. The molecule has 1 heterocycles. The Hall–Kier alpha value is -3.43. The molecule has 0 fully saturated rings. The molecule has 0 bridgehead atoms. The molecule has 0 aliphatic heterocycles. The van der Waals surface area contributed by atoms with Crippen LogP contribution in [0.4, 0.5) is 13.2 Å². The van der Waals surface area contributed by atoms with Crippen LogP contribution in [0.2, 0.25) is 0 Å². The summed E-state index contributed by atoms with van der Waals surface area (Å²) in [5.41, 5.74) is 0.0754. The Morgan fingerprint density at radius 3 is 1.91 bits per heavy atom. The normalized spacial score (nSPS) is 12.7. The molecule has 0 saturated carbocycles. The fourth-order valence-electron chi connectivity index (χ4n) is 3.70. The van der Waals surface area contributed by atoms with Crippen LogP contribution in [0.1, 0.15) is 25.1 Å². The van der Waals surface area contributed by atoms with Gasteiger partial charge < -0.3 is 5.11 Å². The molecule has 0 amide bonds. The highest BCUT2D eigenvalue weighted by Crippen LogP contribution is 2.38. The number of sulfone groups is 1. The number of hydrogen-bond donors (Lipinski definition) is 1. The summed E-state index contributed by atoms with van der Waals surface area (Å²) in [7, 11) is -3.31. The molecule has 0 spiro atoms. The Morgan fingerprint density at radius 2 is 1.40 bits per heavy atom. The van der Waals surface area contributed by atoms with E-state index >= 15 is 0 Å². The minimum Gasteiger partial charge on any atom is -0.384 e. The maximum absolute atomic E-state index is 13.7. The van der Waals surface area contributed by atoms with Gasteiger partial charge in [0.1, 0.15) is 11.4 Å². The van der Waals surface area contributed by atoms with Crippen molar-refractivity contribution in [2.45, 2.75) is 30.5 Å². The van der Waals surface area contributed by atoms with Crippen molar-refractivity contribution in [2.24, 2.45) is 0 Å². The molecule has 0 aliphatic carbocycles. The van der Waals surface area contributed by atoms with E-state index in [0.717, 1.165) is 23.4 Å². The number of imidazole rings is 1. The summed E-state index contributed by atoms with van der Waals surface area (Å²) in [6.07, 6.45) is -1.92. The minimum atomic E-state index is -4.58. The van der Waals surface area contributed by atoms with Crippen LogP contribution in [0.5, 0.6) is 0 Å². The summed E-state index contributed by atoms with van der Waals surface area (Å²) in [6.45, 7) is 3.03. The molecule has 3 aromatic carbocycles. The van der Waals surface area contributed by atoms with Crippen LogP contribution >= 0.6 is 0 Å². The van der Waals surface area contributed by atoms with Gasteiger partial charge in [-0.05, 0) is 55.3 Å². The summed E-state index contributed by atoms with van der Waals surface area (Å²) in [6, 6.07) is 18.7. The fraction of sp³-hybridized carbons (Fsp3) is 0.192. The Kier molecular flexibility index (Phi) is 6.11. The van der Waals surface area contributed by atoms with E-state index in [-0.39, 0.29) is 22.0 Å². The number of rotatable bonds is 5. The van der Waals surface area contributed by atoms with Crippen LogP contribution in [0.25, 0.3) is 28.2 Å². The van der Waals surface area contributed by atoms with Gasteiger partial charge in [-0.3, -0.25) is 4.57 Å². The lowest BCUT2D eigenvalue weighted by Gasteiger charge is -2.14. The van der Waals surface area contributed by atoms with Gasteiger partial charge in [-0.25, -0.2) is 13.4 Å². The number of aromatic nitrogens is 2. The first kappa shape index (κ1) is 24.7. The second-order valence-corrected chi connectivity index (χ2v) is 10.8. The van der Waals surface area contributed by atoms with Crippen LogP contribution in [0.15, 0.2) is 83.9 Å². The van der Waals surface area contributed by atoms with Gasteiger partial charge in [0, 0.05) is 23.7 Å². The van der Waals surface area contributed by atoms with E-state index in [1.54, 1.807) is 36.4 Å². The Balaban J connectivity index is 1.80. The Labute approximate surface area is 201 Å². The molecule has 35 heavy (non-hydrogen) atoms. The van der Waals surface area contributed by atoms with E-state index in [1.165, 1.54) is 54.9 Å². The SMILES string of the molecule is CC(C)(O)c1cn(-c2ccc(-c3ccc(S(C)(=O)=O)cc3)cc2)c(-c2ccccc2C(F)(F)F)n1. The van der Waals surface area contributed by atoms with Crippen molar-refractivity contribution >= 4 is 9.84 Å². The predicted molar refractivity (Wildman–Crippen MR) is 128 cm³/mol. The third kappa shape index (κ3) is 5.16. The van der Waals surface area contributed by atoms with Gasteiger partial charge in [-0.1, -0.05) is 42.5 Å². The number of nitrogens with zero attached hydrogens (tertiary/aromatic N) is 2. The highest BCUT2D eigenvalue weighted by atomic mass is 32.2. The van der Waals surface area contributed by atoms with Crippen molar-refractivity contribution in [3.63, 3.8) is 0 Å². The largest absolute Gasteiger partial charge is 0.417 e. The van der Waals surface area contributed by atoms with Gasteiger partial charge in [-0.2, -0.15) is 13.2 Å². The van der Waals surface area contributed by atoms with Crippen molar-refractivity contribution in [1.29, 1.82) is 0 Å². The molecular formula is C26H23F3N2O3S. The average Bonchev–Trinajstić information content (AvgIpc) is 3.24. The van der Waals surface area contributed by atoms with Crippen LogP contribution in [0.3, 0.4) is 0 Å². The third-order valence-electron chi connectivity index (χ3n) is 5.57. The molecule has 0 saturated heterocycles. The lowest BCUT2D eigenvalue weighted by molar-refractivity contribution is -0.137. The Bertz CT molecular complexity index is 1470. The number of halogens is 3. The lowest BCUT2D eigenvalue weighted by Crippen LogP contribution is -2.15. The molecule has 1 N–H and O–H groups in total. The smallest absolute Gasteiger partial charge is 0.384 e. The van der Waals surface area contributed by atoms with Gasteiger partial charge in [0.25, 0.3) is 0 Å². The summed E-state index contributed by atoms with van der Waals surface area (Å²) >= 11 is 0. The fourth-order valence-corrected chi connectivity index (χ4v) is 4.33. The molecule has 4 aromatic rings. The molecule has 0 atom stereocenters. The zero-order chi connectivity index (χ0) is 25.6. The first-order valence-electron chi connectivity index (χ1n) is 10.6. The van der Waals surface area contributed by atoms with Gasteiger partial charge >= 0.3 is 6.18 Å². The first-order valence-corrected chi connectivity index (χ1v) is 12.5. The summed E-state index contributed by atoms with van der Waals surface area (Å²) in [4.78, 5) is 4.58. The summed E-state index contributed by atoms with van der Waals surface area (Å²) in [5, 5.41) is 10.5. The van der Waals surface area contributed by atoms with E-state index in [0.29, 0.717) is 5.69 Å². The molecule has 4 rings (SSSR count). The van der Waals surface area contributed by atoms with Crippen LogP contribution in [-0.4, -0.2) is 29.3 Å². The molecule has 9 heteroatoms. The number of hydrogen-bond acceptors (Lipinski definition) is 4. The van der Waals surface area contributed by atoms with Crippen molar-refractivity contribution in [3.8, 4) is 28.2 Å². The zero-order valence-corrected chi connectivity index (χ0v) is 20.0. The van der Waals surface area contributed by atoms with Crippen molar-refractivity contribution in [2.75, 3.05) is 6.26 Å². The standard InChI is InChI=1S/C26H23F3N2O3S/c1-25(2,32)23-16-31(24(30-23)21-6-4-5-7-22(21)26(27,28)29)19-12-8-17(9-13-19)18-10-14-20(15-11-18)35(3,33)34/h4-16,32H,1-3H3. The lowest BCUT2D eigenvalue weighted by atomic mass is 10.0. The van der Waals surface area contributed by atoms with Gasteiger partial charge in [-0.15, -0.1) is 0 Å². The van der Waals surface area contributed by atoms with E-state index in [1.807, 2.05) is 0 Å². The van der Waals surface area contributed by atoms with E-state index in [2.05, 4.69) is 4.98 Å². The maximum Gasteiger partial charge on any atom is 0.417 e. The summed E-state index contributed by atoms with van der Waals surface area (Å²) < 4.78 is 66.1. The van der Waals surface area contributed by atoms with Gasteiger partial charge in [0.15, 0.2) is 9.84 Å². The highest BCUT2D eigenvalue weighted by molar-refractivity contribution is 7.90. The topological polar surface area (TPSA) is 72.2 Å². The van der Waals surface area contributed by atoms with E-state index < -0.39 is 27.2 Å². The van der Waals surface area contributed by atoms with Gasteiger partial charge in [0.05, 0.1) is 16.2 Å². The predicted octanol–water partition coefficient (Wildman–Crippen LogP) is 5.86. The van der Waals surface area contributed by atoms with Crippen LogP contribution in [0, 0.1) is 0 Å². The van der Waals surface area contributed by atoms with Crippen molar-refractivity contribution in [3.05, 3.63) is 90.3 Å². The molecule has 0 radical (unpaired) electrons. The first-order chi connectivity index (χ1) is 16.2. The monoisotopic (exact) mass is 500 g/mol. The molecule has 1 aromatic heterocycles. The molecule has 182 valence electrons. The van der Waals surface area contributed by atoms with Crippen molar-refractivity contribution in [1.82, 2.24) is 9.55 Å². The van der Waals surface area contributed by atoms with Crippen LogP contribution < -0.4 is 0 Å². The van der Waals surface area contributed by atoms with Crippen molar-refractivity contribution < 1.29 is 26.7 Å². The minimum absolute atomic E-state index is 0.0558. The molecule has 0 aliphatic rings. The average molecular weight is 501 g/mol. The Morgan fingerprint density at radius 1 is 0.857 bits per heavy atom. The second kappa shape index (κ2) is 8.66. The highest BCUT2D eigenvalue weighted by Gasteiger charge is 2.35. The maximum atomic E-state index is 13.7. The quantitative estimate of drug-likeness (QED) is 0.373. The van der Waals surface area contributed by atoms with E-state index in [4.69, 9.17) is 0 Å². The molecular weight excluding hydrogens is 477 g/mol. The number of alkyl halides is 3. The number of aliphatic hydroxyl groups is 1. The van der Waals surface area contributed by atoms with Crippen LogP contribution in [-0.2, 0) is 21.6 Å². The van der Waals surface area contributed by atoms with E-state index in [9.17, 15) is 26.7 Å². The van der Waals surface area contributed by atoms with Gasteiger partial charge in [0.2, 0.25) is 0 Å². The third-order valence-corrected chi connectivity index (χ3v) is 6.70.